The molecule has 0 radical (unpaired) electrons. The zero-order valence-corrected chi connectivity index (χ0v) is 19.9. The third-order valence-electron chi connectivity index (χ3n) is 5.00. The Morgan fingerprint density at radius 1 is 0.474 bits per heavy atom. The standard InChI is InChI=1S/C18H14O8.2C5H5N/c19-13(11-7-3-1-4-8-11)17(25,15(21)22)18(26,16(23)24)14(20)12-9-5-2-6-10-12;2*1-2-4-6-5-3-1/h1-10,25-26H,(H,21,22)(H,23,24);2*1-5H. The molecule has 10 nitrogen and oxygen atoms in total. The van der Waals surface area contributed by atoms with Gasteiger partial charge in [-0.2, -0.15) is 0 Å². The Morgan fingerprint density at radius 2 is 0.737 bits per heavy atom. The number of nitrogens with zero attached hydrogens (tertiary/aromatic N) is 2. The zero-order chi connectivity index (χ0) is 28.0. The molecule has 2 aromatic carbocycles. The van der Waals surface area contributed by atoms with Crippen molar-refractivity contribution >= 4 is 23.5 Å². The van der Waals surface area contributed by atoms with Crippen molar-refractivity contribution in [3.8, 4) is 0 Å². The van der Waals surface area contributed by atoms with Gasteiger partial charge in [-0.1, -0.05) is 72.8 Å². The van der Waals surface area contributed by atoms with Crippen LogP contribution in [0.25, 0.3) is 0 Å². The molecule has 0 bridgehead atoms. The highest BCUT2D eigenvalue weighted by molar-refractivity contribution is 6.28. The number of carboxylic acids is 2. The lowest BCUT2D eigenvalue weighted by molar-refractivity contribution is -0.187. The molecule has 0 saturated carbocycles. The molecule has 2 heterocycles. The van der Waals surface area contributed by atoms with Gasteiger partial charge >= 0.3 is 11.9 Å². The van der Waals surface area contributed by atoms with Gasteiger partial charge in [0, 0.05) is 35.9 Å². The minimum Gasteiger partial charge on any atom is -0.479 e. The Labute approximate surface area is 217 Å². The third-order valence-corrected chi connectivity index (χ3v) is 5.00. The summed E-state index contributed by atoms with van der Waals surface area (Å²) in [4.78, 5) is 56.1. The molecule has 10 heteroatoms. The number of aliphatic hydroxyl groups is 2. The minimum atomic E-state index is -3.95. The number of hydrogen-bond acceptors (Lipinski definition) is 8. The van der Waals surface area contributed by atoms with Gasteiger partial charge < -0.3 is 20.4 Å². The van der Waals surface area contributed by atoms with Crippen molar-refractivity contribution in [2.75, 3.05) is 0 Å². The molecule has 2 unspecified atom stereocenters. The molecule has 0 spiro atoms. The number of Topliss-reactive ketones (excluding diaryl/α,β-unsaturated/α-hetero) is 2. The molecular formula is C28H24N2O8. The van der Waals surface area contributed by atoms with E-state index in [2.05, 4.69) is 9.97 Å². The van der Waals surface area contributed by atoms with Crippen molar-refractivity contribution in [3.05, 3.63) is 133 Å². The first-order valence-electron chi connectivity index (χ1n) is 11.0. The van der Waals surface area contributed by atoms with Gasteiger partial charge in [-0.25, -0.2) is 9.59 Å². The molecule has 4 rings (SSSR count). The number of benzene rings is 2. The van der Waals surface area contributed by atoms with Crippen molar-refractivity contribution in [1.29, 1.82) is 0 Å². The maximum absolute atomic E-state index is 12.6. The Balaban J connectivity index is 0.000000341. The van der Waals surface area contributed by atoms with Gasteiger partial charge in [-0.05, 0) is 24.3 Å². The summed E-state index contributed by atoms with van der Waals surface area (Å²) < 4.78 is 0. The molecule has 38 heavy (non-hydrogen) atoms. The Kier molecular flexibility index (Phi) is 10.7. The first kappa shape index (κ1) is 29.2. The van der Waals surface area contributed by atoms with Gasteiger partial charge in [0.25, 0.3) is 11.2 Å². The van der Waals surface area contributed by atoms with E-state index in [-0.39, 0.29) is 0 Å². The summed E-state index contributed by atoms with van der Waals surface area (Å²) in [5, 5.41) is 39.9. The Bertz CT molecular complexity index is 1160. The highest BCUT2D eigenvalue weighted by Gasteiger charge is 2.69. The number of ketones is 2. The predicted octanol–water partition coefficient (Wildman–Crippen LogP) is 2.55. The fraction of sp³-hybridized carbons (Fsp3) is 0.0714. The van der Waals surface area contributed by atoms with Crippen LogP contribution < -0.4 is 0 Å². The van der Waals surface area contributed by atoms with Crippen LogP contribution in [0.4, 0.5) is 0 Å². The molecule has 0 saturated heterocycles. The number of carbonyl (C=O) groups excluding carboxylic acids is 2. The third kappa shape index (κ3) is 6.78. The lowest BCUT2D eigenvalue weighted by Gasteiger charge is -2.34. The number of hydrogen-bond donors (Lipinski definition) is 4. The average Bonchev–Trinajstić information content (AvgIpc) is 2.98. The monoisotopic (exact) mass is 516 g/mol. The van der Waals surface area contributed by atoms with Crippen molar-refractivity contribution in [1.82, 2.24) is 9.97 Å². The van der Waals surface area contributed by atoms with E-state index in [1.165, 1.54) is 36.4 Å². The predicted molar refractivity (Wildman–Crippen MR) is 135 cm³/mol. The number of aliphatic carboxylic acids is 2. The smallest absolute Gasteiger partial charge is 0.348 e. The van der Waals surface area contributed by atoms with E-state index in [0.717, 1.165) is 24.3 Å². The molecule has 0 aliphatic heterocycles. The largest absolute Gasteiger partial charge is 0.479 e. The normalized spacial score (nSPS) is 13.0. The number of pyridine rings is 2. The number of rotatable bonds is 7. The lowest BCUT2D eigenvalue weighted by atomic mass is 9.73. The second-order valence-electron chi connectivity index (χ2n) is 7.47. The van der Waals surface area contributed by atoms with E-state index >= 15 is 0 Å². The van der Waals surface area contributed by atoms with E-state index in [1.807, 2.05) is 36.4 Å². The van der Waals surface area contributed by atoms with Crippen LogP contribution in [0, 0.1) is 0 Å². The summed E-state index contributed by atoms with van der Waals surface area (Å²) >= 11 is 0. The molecule has 0 fully saturated rings. The van der Waals surface area contributed by atoms with Gasteiger partial charge in [0.1, 0.15) is 0 Å². The van der Waals surface area contributed by atoms with Gasteiger partial charge in [-0.3, -0.25) is 19.6 Å². The summed E-state index contributed by atoms with van der Waals surface area (Å²) in [5.41, 5.74) is -8.68. The Morgan fingerprint density at radius 3 is 0.921 bits per heavy atom. The van der Waals surface area contributed by atoms with Crippen LogP contribution in [-0.2, 0) is 9.59 Å². The molecule has 4 aromatic rings. The number of carbonyl (C=O) groups is 4. The first-order valence-corrected chi connectivity index (χ1v) is 11.0. The molecule has 4 N–H and O–H groups in total. The van der Waals surface area contributed by atoms with Crippen LogP contribution in [0.5, 0.6) is 0 Å². The van der Waals surface area contributed by atoms with E-state index in [4.69, 9.17) is 0 Å². The SMILES string of the molecule is O=C(O)C(O)(C(=O)c1ccccc1)C(O)(C(=O)O)C(=O)c1ccccc1.c1ccncc1.c1ccncc1. The quantitative estimate of drug-likeness (QED) is 0.211. The van der Waals surface area contributed by atoms with Crippen molar-refractivity contribution in [2.24, 2.45) is 0 Å². The van der Waals surface area contributed by atoms with Crippen LogP contribution in [-0.4, -0.2) is 65.1 Å². The average molecular weight is 517 g/mol. The van der Waals surface area contributed by atoms with Crippen LogP contribution in [0.2, 0.25) is 0 Å². The molecule has 0 amide bonds. The van der Waals surface area contributed by atoms with Gasteiger partial charge in [-0.15, -0.1) is 0 Å². The zero-order valence-electron chi connectivity index (χ0n) is 19.9. The second kappa shape index (κ2) is 13.9. The summed E-state index contributed by atoms with van der Waals surface area (Å²) in [6, 6.07) is 24.3. The van der Waals surface area contributed by atoms with Gasteiger partial charge in [0.15, 0.2) is 0 Å². The molecule has 0 aliphatic rings. The van der Waals surface area contributed by atoms with Crippen molar-refractivity contribution in [3.63, 3.8) is 0 Å². The van der Waals surface area contributed by atoms with Crippen LogP contribution in [0.3, 0.4) is 0 Å². The molecule has 2 atom stereocenters. The lowest BCUT2D eigenvalue weighted by Crippen LogP contribution is -2.71. The van der Waals surface area contributed by atoms with Crippen molar-refractivity contribution < 1.29 is 39.6 Å². The van der Waals surface area contributed by atoms with Crippen LogP contribution in [0.1, 0.15) is 20.7 Å². The molecule has 2 aromatic heterocycles. The highest BCUT2D eigenvalue weighted by atomic mass is 16.5. The minimum absolute atomic E-state index is 0.391. The van der Waals surface area contributed by atoms with Crippen LogP contribution >= 0.6 is 0 Å². The van der Waals surface area contributed by atoms with Crippen molar-refractivity contribution in [2.45, 2.75) is 11.2 Å². The maximum Gasteiger partial charge on any atom is 0.348 e. The van der Waals surface area contributed by atoms with Gasteiger partial charge in [0.05, 0.1) is 0 Å². The van der Waals surface area contributed by atoms with E-state index in [9.17, 15) is 39.6 Å². The molecular weight excluding hydrogens is 492 g/mol. The second-order valence-corrected chi connectivity index (χ2v) is 7.47. The summed E-state index contributed by atoms with van der Waals surface area (Å²) in [5.74, 6) is -8.03. The summed E-state index contributed by atoms with van der Waals surface area (Å²) in [6.45, 7) is 0. The number of carboxylic acid groups (broad SMARTS) is 2. The van der Waals surface area contributed by atoms with E-state index < -0.39 is 45.8 Å². The Hall–Kier alpha value is -5.06. The molecule has 194 valence electrons. The molecule has 0 aliphatic carbocycles. The summed E-state index contributed by atoms with van der Waals surface area (Å²) in [6.07, 6.45) is 7.00. The number of aromatic nitrogens is 2. The topological polar surface area (TPSA) is 175 Å². The van der Waals surface area contributed by atoms with Crippen LogP contribution in [0.15, 0.2) is 122 Å². The fourth-order valence-corrected chi connectivity index (χ4v) is 3.05. The van der Waals surface area contributed by atoms with Gasteiger partial charge in [0.2, 0.25) is 11.6 Å². The van der Waals surface area contributed by atoms with E-state index in [0.29, 0.717) is 0 Å². The summed E-state index contributed by atoms with van der Waals surface area (Å²) in [7, 11) is 0. The highest BCUT2D eigenvalue weighted by Crippen LogP contribution is 2.31. The maximum atomic E-state index is 12.6. The fourth-order valence-electron chi connectivity index (χ4n) is 3.05. The van der Waals surface area contributed by atoms with E-state index in [1.54, 1.807) is 24.8 Å². The first-order chi connectivity index (χ1) is 18.2.